The van der Waals surface area contributed by atoms with Gasteiger partial charge in [-0.1, -0.05) is 161 Å². The summed E-state index contributed by atoms with van der Waals surface area (Å²) >= 11 is 0. The smallest absolute Gasteiger partial charge is 0.366 e. The number of fused-ring (bicyclic) bond motifs is 6. The molecule has 0 radical (unpaired) electrons. The minimum Gasteiger partial charge on any atom is -0.366 e. The molecule has 318 valence electrons. The topological polar surface area (TPSA) is 0 Å². The van der Waals surface area contributed by atoms with Crippen LogP contribution in [0.4, 0.5) is 0 Å². The van der Waals surface area contributed by atoms with Crippen LogP contribution in [-0.4, -0.2) is 12.3 Å². The van der Waals surface area contributed by atoms with Crippen LogP contribution in [0, 0.1) is 24.7 Å². The summed E-state index contributed by atoms with van der Waals surface area (Å²) < 4.78 is 0. The second-order valence-electron chi connectivity index (χ2n) is 15.9. The Hall–Kier alpha value is -4.78. The summed E-state index contributed by atoms with van der Waals surface area (Å²) in [6.07, 6.45) is 25.0. The zero-order valence-electron chi connectivity index (χ0n) is 35.9. The molecule has 0 aromatic heterocycles. The Morgan fingerprint density at radius 2 is 1.02 bits per heavy atom. The number of rotatable bonds is 9. The van der Waals surface area contributed by atoms with E-state index in [1.807, 2.05) is 24.3 Å². The van der Waals surface area contributed by atoms with Crippen LogP contribution < -0.4 is 15.9 Å². The van der Waals surface area contributed by atoms with Gasteiger partial charge in [0.15, 0.2) is 0 Å². The molecule has 2 aliphatic rings. The van der Waals surface area contributed by atoms with Crippen LogP contribution in [0.2, 0.25) is 0 Å². The van der Waals surface area contributed by atoms with Gasteiger partial charge in [0.2, 0.25) is 0 Å². The van der Waals surface area contributed by atoms with E-state index in [0.717, 1.165) is 11.1 Å². The molecule has 2 aliphatic carbocycles. The first kappa shape index (κ1) is 49.2. The SMILES string of the molecule is C=C/C=C\C=C\[PH+](CC[PH+](c1ccccc1)c1ccccc1)c1ccccc1.[Au+].[Au+].[C-]#Cc1ccc2c(c1)-c1ccccc1C2(C)C.[C-]#Cc1ccc2c(c1)-c1ccccc1C2C. The fourth-order valence-corrected chi connectivity index (χ4v) is 14.4. The predicted octanol–water partition coefficient (Wildman–Crippen LogP) is 13.3. The van der Waals surface area contributed by atoms with Crippen molar-refractivity contribution in [3.63, 3.8) is 0 Å². The predicted molar refractivity (Wildman–Crippen MR) is 269 cm³/mol. The van der Waals surface area contributed by atoms with Crippen LogP contribution >= 0.6 is 15.8 Å². The molecule has 0 heterocycles. The van der Waals surface area contributed by atoms with Gasteiger partial charge in [0.1, 0.15) is 12.3 Å². The monoisotopic (exact) mass is 1220 g/mol. The number of hydrogen-bond donors (Lipinski definition) is 0. The molecule has 7 aromatic carbocycles. The van der Waals surface area contributed by atoms with Gasteiger partial charge in [-0.15, -0.1) is 35.4 Å². The molecule has 0 saturated carbocycles. The van der Waals surface area contributed by atoms with Crippen LogP contribution in [0.3, 0.4) is 0 Å². The molecular formula is C59H52Au2P2+2. The molecule has 0 aliphatic heterocycles. The summed E-state index contributed by atoms with van der Waals surface area (Å²) in [6, 6.07) is 62.5. The molecule has 7 aromatic rings. The van der Waals surface area contributed by atoms with Crippen molar-refractivity contribution >= 4 is 31.8 Å². The molecule has 2 unspecified atom stereocenters. The van der Waals surface area contributed by atoms with Gasteiger partial charge in [0, 0.05) is 11.3 Å². The van der Waals surface area contributed by atoms with Crippen molar-refractivity contribution < 1.29 is 44.8 Å². The van der Waals surface area contributed by atoms with E-state index in [-0.39, 0.29) is 50.2 Å². The van der Waals surface area contributed by atoms with Gasteiger partial charge in [-0.2, -0.15) is 0 Å². The molecule has 9 rings (SSSR count). The van der Waals surface area contributed by atoms with E-state index in [2.05, 4.69) is 221 Å². The molecule has 4 heteroatoms. The summed E-state index contributed by atoms with van der Waals surface area (Å²) in [4.78, 5) is 0. The Bertz CT molecular complexity index is 2700. The zero-order valence-corrected chi connectivity index (χ0v) is 42.3. The van der Waals surface area contributed by atoms with Crippen molar-refractivity contribution in [2.75, 3.05) is 12.3 Å². The van der Waals surface area contributed by atoms with Crippen molar-refractivity contribution in [3.8, 4) is 34.1 Å². The Kier molecular flexibility index (Phi) is 18.6. The maximum absolute atomic E-state index is 7.24. The standard InChI is InChI=1S/C26H26P2.C17H13.C16H11.2Au/c1-2-3-4-14-21-27(24-15-8-5-9-16-24)22-23-28(25-17-10-6-11-18-25)26-19-12-7-13-20-26;1-4-12-9-10-16-14(11-12)13-7-5-6-8-15(13)17(16,2)3;1-3-12-8-9-14-11(2)13-6-4-5-7-15(13)16(14)10-12;;/h2-21H,1,22-23H2;5-11H,2-3H3;4-11H,2H3;;/q;2*-1;2*+1/p+2/b4-3-,21-14+;;;;. The Balaban J connectivity index is 0.000000185. The average Bonchev–Trinajstić information content (AvgIpc) is 3.73. The van der Waals surface area contributed by atoms with Gasteiger partial charge in [-0.3, -0.25) is 11.8 Å². The van der Waals surface area contributed by atoms with E-state index in [0.29, 0.717) is 5.92 Å². The average molecular weight is 1220 g/mol. The number of allylic oxidation sites excluding steroid dienone is 4. The normalized spacial score (nSPS) is 13.8. The second kappa shape index (κ2) is 23.8. The van der Waals surface area contributed by atoms with Gasteiger partial charge in [-0.05, 0) is 87.0 Å². The third kappa shape index (κ3) is 11.7. The molecule has 0 saturated heterocycles. The van der Waals surface area contributed by atoms with Crippen LogP contribution in [-0.2, 0) is 50.2 Å². The minimum atomic E-state index is -0.779. The molecule has 0 bridgehead atoms. The first-order valence-corrected chi connectivity index (χ1v) is 24.5. The van der Waals surface area contributed by atoms with Gasteiger partial charge >= 0.3 is 44.8 Å². The maximum atomic E-state index is 7.24. The van der Waals surface area contributed by atoms with Crippen LogP contribution in [0.15, 0.2) is 213 Å². The third-order valence-electron chi connectivity index (χ3n) is 11.8. The Morgan fingerprint density at radius 1 is 0.524 bits per heavy atom. The van der Waals surface area contributed by atoms with Crippen LogP contribution in [0.5, 0.6) is 0 Å². The molecule has 0 N–H and O–H groups in total. The second-order valence-corrected chi connectivity index (χ2v) is 20.9. The summed E-state index contributed by atoms with van der Waals surface area (Å²) in [6.45, 7) is 10.5. The van der Waals surface area contributed by atoms with Crippen molar-refractivity contribution in [3.05, 3.63) is 259 Å². The third-order valence-corrected chi connectivity index (χ3v) is 17.6. The largest absolute Gasteiger partial charge is 1.00 e. The zero-order chi connectivity index (χ0) is 42.6. The molecule has 0 fully saturated rings. The number of hydrogen-bond acceptors (Lipinski definition) is 0. The van der Waals surface area contributed by atoms with Crippen LogP contribution in [0.25, 0.3) is 22.3 Å². The maximum Gasteiger partial charge on any atom is 1.00 e. The minimum absolute atomic E-state index is 0. The first-order valence-electron chi connectivity index (χ1n) is 21.0. The van der Waals surface area contributed by atoms with Crippen molar-refractivity contribution in [2.24, 2.45) is 0 Å². The van der Waals surface area contributed by atoms with Crippen molar-refractivity contribution in [1.29, 1.82) is 0 Å². The van der Waals surface area contributed by atoms with Gasteiger partial charge in [-0.25, -0.2) is 0 Å². The summed E-state index contributed by atoms with van der Waals surface area (Å²) in [7, 11) is -1.53. The van der Waals surface area contributed by atoms with Gasteiger partial charge in [0.25, 0.3) is 0 Å². The Labute approximate surface area is 410 Å². The van der Waals surface area contributed by atoms with Gasteiger partial charge in [0.05, 0.1) is 37.6 Å². The number of benzene rings is 7. The van der Waals surface area contributed by atoms with E-state index < -0.39 is 15.8 Å². The van der Waals surface area contributed by atoms with Crippen LogP contribution in [0.1, 0.15) is 60.1 Å². The van der Waals surface area contributed by atoms with E-state index >= 15 is 0 Å². The molecule has 0 spiro atoms. The van der Waals surface area contributed by atoms with Crippen molar-refractivity contribution in [1.82, 2.24) is 0 Å². The van der Waals surface area contributed by atoms with E-state index in [1.54, 1.807) is 0 Å². The quantitative estimate of drug-likeness (QED) is 0.0444. The fraction of sp³-hybridized carbons (Fsp3) is 0.119. The first-order chi connectivity index (χ1) is 29.8. The molecule has 63 heavy (non-hydrogen) atoms. The molecule has 0 nitrogen and oxygen atoms in total. The fourth-order valence-electron chi connectivity index (χ4n) is 8.61. The summed E-state index contributed by atoms with van der Waals surface area (Å²) in [5.41, 5.74) is 12.3. The van der Waals surface area contributed by atoms with Gasteiger partial charge < -0.3 is 12.8 Å². The van der Waals surface area contributed by atoms with Crippen molar-refractivity contribution in [2.45, 2.75) is 32.1 Å². The molecule has 2 atom stereocenters. The molecule has 0 amide bonds. The Morgan fingerprint density at radius 3 is 1.62 bits per heavy atom. The van der Waals surface area contributed by atoms with E-state index in [4.69, 9.17) is 12.8 Å². The molecular weight excluding hydrogens is 1160 g/mol. The van der Waals surface area contributed by atoms with E-state index in [1.165, 1.54) is 72.7 Å². The summed E-state index contributed by atoms with van der Waals surface area (Å²) in [5.74, 6) is 7.81. The summed E-state index contributed by atoms with van der Waals surface area (Å²) in [5, 5.41) is 4.49. The van der Waals surface area contributed by atoms with E-state index in [9.17, 15) is 0 Å².